The summed E-state index contributed by atoms with van der Waals surface area (Å²) in [5, 5.41) is 21.6. The Kier molecular flexibility index (Phi) is 3.17. The van der Waals surface area contributed by atoms with Crippen LogP contribution in [0.2, 0.25) is 0 Å². The topological polar surface area (TPSA) is 59.6 Å². The van der Waals surface area contributed by atoms with Crippen LogP contribution in [0.25, 0.3) is 5.70 Å². The van der Waals surface area contributed by atoms with E-state index in [0.29, 0.717) is 11.1 Å². The molecule has 3 heteroatoms. The second kappa shape index (κ2) is 4.77. The van der Waals surface area contributed by atoms with Crippen molar-refractivity contribution >= 4 is 5.70 Å². The number of nitrogens with one attached hydrogen (secondary N) is 1. The lowest BCUT2D eigenvalue weighted by molar-refractivity contribution is 0.791. The van der Waals surface area contributed by atoms with Gasteiger partial charge in [0, 0.05) is 11.6 Å². The number of allylic oxidation sites excluding steroid dienone is 3. The van der Waals surface area contributed by atoms with Crippen LogP contribution in [0, 0.1) is 28.6 Å². The summed E-state index contributed by atoms with van der Waals surface area (Å²) in [7, 11) is 0. The number of nitriles is 2. The van der Waals surface area contributed by atoms with Gasteiger partial charge in [-0.05, 0) is 12.5 Å². The van der Waals surface area contributed by atoms with Gasteiger partial charge in [0.2, 0.25) is 0 Å². The third kappa shape index (κ3) is 1.87. The molecule has 1 atom stereocenters. The molecular weight excluding hydrogens is 222 g/mol. The van der Waals surface area contributed by atoms with Crippen molar-refractivity contribution in [3.8, 4) is 12.1 Å². The van der Waals surface area contributed by atoms with E-state index in [1.807, 2.05) is 44.2 Å². The molecule has 2 rings (SSSR count). The van der Waals surface area contributed by atoms with E-state index in [0.717, 1.165) is 17.0 Å². The van der Waals surface area contributed by atoms with Crippen LogP contribution < -0.4 is 5.32 Å². The zero-order valence-corrected chi connectivity index (χ0v) is 10.4. The van der Waals surface area contributed by atoms with Gasteiger partial charge in [0.15, 0.2) is 0 Å². The average molecular weight is 235 g/mol. The van der Waals surface area contributed by atoms with Crippen LogP contribution in [0.4, 0.5) is 0 Å². The Morgan fingerprint density at radius 3 is 2.22 bits per heavy atom. The second-order valence-corrected chi connectivity index (χ2v) is 4.26. The summed E-state index contributed by atoms with van der Waals surface area (Å²) in [6.07, 6.45) is 0. The predicted molar refractivity (Wildman–Crippen MR) is 69.6 cm³/mol. The Hall–Kier alpha value is -2.52. The maximum Gasteiger partial charge on any atom is 0.0975 e. The number of nitrogens with zero attached hydrogens (tertiary/aromatic N) is 2. The van der Waals surface area contributed by atoms with Gasteiger partial charge in [0.25, 0.3) is 0 Å². The molecule has 1 aliphatic rings. The Labute approximate surface area is 107 Å². The van der Waals surface area contributed by atoms with Crippen LogP contribution >= 0.6 is 0 Å². The molecule has 0 saturated heterocycles. The van der Waals surface area contributed by atoms with Crippen LogP contribution in [-0.2, 0) is 0 Å². The first kappa shape index (κ1) is 12.0. The molecule has 18 heavy (non-hydrogen) atoms. The van der Waals surface area contributed by atoms with Gasteiger partial charge in [0.05, 0.1) is 29.0 Å². The lowest BCUT2D eigenvalue weighted by Gasteiger charge is -2.25. The minimum Gasteiger partial charge on any atom is -0.357 e. The molecule has 1 unspecified atom stereocenters. The first-order valence-electron chi connectivity index (χ1n) is 5.76. The van der Waals surface area contributed by atoms with Crippen molar-refractivity contribution in [3.63, 3.8) is 0 Å². The number of hydrogen-bond acceptors (Lipinski definition) is 3. The lowest BCUT2D eigenvalue weighted by atomic mass is 9.86. The van der Waals surface area contributed by atoms with Crippen molar-refractivity contribution in [2.45, 2.75) is 13.8 Å². The summed E-state index contributed by atoms with van der Waals surface area (Å²) >= 11 is 0. The van der Waals surface area contributed by atoms with Crippen LogP contribution in [-0.4, -0.2) is 0 Å². The van der Waals surface area contributed by atoms with Crippen molar-refractivity contribution in [2.24, 2.45) is 5.92 Å². The maximum absolute atomic E-state index is 9.31. The van der Waals surface area contributed by atoms with Gasteiger partial charge in [-0.3, -0.25) is 0 Å². The molecule has 0 bridgehead atoms. The van der Waals surface area contributed by atoms with E-state index < -0.39 is 0 Å². The summed E-state index contributed by atoms with van der Waals surface area (Å²) in [5.41, 5.74) is 3.84. The van der Waals surface area contributed by atoms with Gasteiger partial charge in [0.1, 0.15) is 0 Å². The van der Waals surface area contributed by atoms with Gasteiger partial charge in [-0.2, -0.15) is 10.5 Å². The number of hydrogen-bond donors (Lipinski definition) is 1. The fourth-order valence-electron chi connectivity index (χ4n) is 2.17. The summed E-state index contributed by atoms with van der Waals surface area (Å²) in [4.78, 5) is 0. The Morgan fingerprint density at radius 2 is 1.67 bits per heavy atom. The standard InChI is InChI=1S/C15H13N3/c1-10-13(8-16)11(2)18-15(14(10)9-17)12-6-4-3-5-7-12/h3-7,10,18H,1-2H3. The molecule has 1 aromatic rings. The SMILES string of the molecule is CC1=C(C#N)C(C)C(C#N)=C(c2ccccc2)N1. The predicted octanol–water partition coefficient (Wildman–Crippen LogP) is 2.96. The highest BCUT2D eigenvalue weighted by atomic mass is 14.9. The van der Waals surface area contributed by atoms with E-state index in [9.17, 15) is 5.26 Å². The maximum atomic E-state index is 9.31. The van der Waals surface area contributed by atoms with Crippen molar-refractivity contribution in [1.29, 1.82) is 10.5 Å². The van der Waals surface area contributed by atoms with Gasteiger partial charge in [-0.25, -0.2) is 0 Å². The van der Waals surface area contributed by atoms with Crippen molar-refractivity contribution in [3.05, 3.63) is 52.7 Å². The third-order valence-electron chi connectivity index (χ3n) is 3.16. The largest absolute Gasteiger partial charge is 0.357 e. The molecular formula is C15H13N3. The smallest absolute Gasteiger partial charge is 0.0975 e. The summed E-state index contributed by atoms with van der Waals surface area (Å²) in [6.45, 7) is 3.76. The van der Waals surface area contributed by atoms with Gasteiger partial charge < -0.3 is 5.32 Å². The fraction of sp³-hybridized carbons (Fsp3) is 0.200. The fourth-order valence-corrected chi connectivity index (χ4v) is 2.17. The Bertz CT molecular complexity index is 609. The van der Waals surface area contributed by atoms with Crippen LogP contribution in [0.15, 0.2) is 47.2 Å². The van der Waals surface area contributed by atoms with Crippen LogP contribution in [0.5, 0.6) is 0 Å². The number of benzene rings is 1. The zero-order chi connectivity index (χ0) is 13.1. The molecule has 0 aromatic heterocycles. The summed E-state index contributed by atoms with van der Waals surface area (Å²) in [6, 6.07) is 14.1. The zero-order valence-electron chi connectivity index (χ0n) is 10.4. The lowest BCUT2D eigenvalue weighted by Crippen LogP contribution is -2.23. The number of rotatable bonds is 1. The van der Waals surface area contributed by atoms with E-state index in [1.54, 1.807) is 0 Å². The Morgan fingerprint density at radius 1 is 1.06 bits per heavy atom. The molecule has 0 fully saturated rings. The molecule has 0 saturated carbocycles. The van der Waals surface area contributed by atoms with Gasteiger partial charge in [-0.15, -0.1) is 0 Å². The number of dihydropyridines is 1. The summed E-state index contributed by atoms with van der Waals surface area (Å²) < 4.78 is 0. The monoisotopic (exact) mass is 235 g/mol. The average Bonchev–Trinajstić information content (AvgIpc) is 2.39. The van der Waals surface area contributed by atoms with Crippen LogP contribution in [0.3, 0.4) is 0 Å². The molecule has 0 amide bonds. The van der Waals surface area contributed by atoms with Crippen molar-refractivity contribution in [2.75, 3.05) is 0 Å². The third-order valence-corrected chi connectivity index (χ3v) is 3.16. The highest BCUT2D eigenvalue weighted by Gasteiger charge is 2.26. The quantitative estimate of drug-likeness (QED) is 0.814. The van der Waals surface area contributed by atoms with Crippen molar-refractivity contribution < 1.29 is 0 Å². The van der Waals surface area contributed by atoms with E-state index in [4.69, 9.17) is 5.26 Å². The molecule has 1 aliphatic heterocycles. The van der Waals surface area contributed by atoms with E-state index in [-0.39, 0.29) is 5.92 Å². The van der Waals surface area contributed by atoms with E-state index in [2.05, 4.69) is 17.5 Å². The minimum atomic E-state index is -0.156. The van der Waals surface area contributed by atoms with E-state index in [1.165, 1.54) is 0 Å². The van der Waals surface area contributed by atoms with Crippen LogP contribution in [0.1, 0.15) is 19.4 Å². The first-order valence-corrected chi connectivity index (χ1v) is 5.76. The molecule has 1 N–H and O–H groups in total. The van der Waals surface area contributed by atoms with Crippen molar-refractivity contribution in [1.82, 2.24) is 5.32 Å². The molecule has 88 valence electrons. The molecule has 0 aliphatic carbocycles. The first-order chi connectivity index (χ1) is 8.69. The highest BCUT2D eigenvalue weighted by Crippen LogP contribution is 2.32. The normalized spacial score (nSPS) is 19.0. The highest BCUT2D eigenvalue weighted by molar-refractivity contribution is 5.75. The van der Waals surface area contributed by atoms with Gasteiger partial charge in [-0.1, -0.05) is 37.3 Å². The molecule has 1 heterocycles. The molecule has 3 nitrogen and oxygen atoms in total. The van der Waals surface area contributed by atoms with E-state index >= 15 is 0 Å². The second-order valence-electron chi connectivity index (χ2n) is 4.26. The molecule has 0 radical (unpaired) electrons. The Balaban J connectivity index is 2.55. The minimum absolute atomic E-state index is 0.156. The molecule has 0 spiro atoms. The molecule has 1 aromatic carbocycles. The summed E-state index contributed by atoms with van der Waals surface area (Å²) in [5.74, 6) is -0.156. The van der Waals surface area contributed by atoms with Gasteiger partial charge >= 0.3 is 0 Å².